The minimum atomic E-state index is -0.793. The Morgan fingerprint density at radius 1 is 1.00 bits per heavy atom. The monoisotopic (exact) mass is 300 g/mol. The topological polar surface area (TPSA) is 115 Å². The summed E-state index contributed by atoms with van der Waals surface area (Å²) >= 11 is 0. The SMILES string of the molecule is [CH2]c1ccccc1NC(=O)c1cc([N+](=O)[O-])cc([N+](=O)[O-])c1. The van der Waals surface area contributed by atoms with E-state index in [2.05, 4.69) is 12.2 Å². The molecule has 0 heterocycles. The van der Waals surface area contributed by atoms with Gasteiger partial charge in [0.05, 0.1) is 21.5 Å². The molecule has 1 radical (unpaired) electrons. The molecule has 0 aliphatic heterocycles. The highest BCUT2D eigenvalue weighted by Gasteiger charge is 2.20. The Morgan fingerprint density at radius 2 is 1.55 bits per heavy atom. The number of carbonyl (C=O) groups is 1. The van der Waals surface area contributed by atoms with E-state index in [-0.39, 0.29) is 5.56 Å². The number of rotatable bonds is 4. The van der Waals surface area contributed by atoms with Crippen LogP contribution in [-0.4, -0.2) is 15.8 Å². The summed E-state index contributed by atoms with van der Waals surface area (Å²) in [5, 5.41) is 24.1. The molecule has 0 saturated heterocycles. The fraction of sp³-hybridized carbons (Fsp3) is 0. The smallest absolute Gasteiger partial charge is 0.277 e. The van der Waals surface area contributed by atoms with Crippen LogP contribution in [0.3, 0.4) is 0 Å². The van der Waals surface area contributed by atoms with Crippen molar-refractivity contribution < 1.29 is 14.6 Å². The van der Waals surface area contributed by atoms with Gasteiger partial charge in [0, 0.05) is 17.8 Å². The second-order valence-corrected chi connectivity index (χ2v) is 4.36. The van der Waals surface area contributed by atoms with E-state index in [0.29, 0.717) is 11.3 Å². The van der Waals surface area contributed by atoms with E-state index in [9.17, 15) is 25.0 Å². The lowest BCUT2D eigenvalue weighted by Gasteiger charge is -2.07. The number of nitro groups is 2. The first kappa shape index (κ1) is 15.1. The number of amides is 1. The molecule has 0 atom stereocenters. The van der Waals surface area contributed by atoms with Crippen LogP contribution in [0.2, 0.25) is 0 Å². The lowest BCUT2D eigenvalue weighted by molar-refractivity contribution is -0.394. The van der Waals surface area contributed by atoms with Crippen molar-refractivity contribution in [1.29, 1.82) is 0 Å². The summed E-state index contributed by atoms with van der Waals surface area (Å²) in [5.74, 6) is -0.692. The van der Waals surface area contributed by atoms with Crippen LogP contribution in [0.15, 0.2) is 42.5 Å². The van der Waals surface area contributed by atoms with Crippen LogP contribution < -0.4 is 5.32 Å². The van der Waals surface area contributed by atoms with E-state index in [1.807, 2.05) is 0 Å². The van der Waals surface area contributed by atoms with E-state index in [0.717, 1.165) is 18.2 Å². The minimum Gasteiger partial charge on any atom is -0.322 e. The van der Waals surface area contributed by atoms with Gasteiger partial charge in [-0.2, -0.15) is 0 Å². The van der Waals surface area contributed by atoms with Crippen LogP contribution in [0.4, 0.5) is 17.1 Å². The standard InChI is InChI=1S/C14H10N3O5/c1-9-4-2-3-5-13(9)15-14(18)10-6-11(16(19)20)8-12(7-10)17(21)22/h2-8H,1H2,(H,15,18). The van der Waals surface area contributed by atoms with E-state index in [1.165, 1.54) is 0 Å². The Bertz CT molecular complexity index is 741. The molecule has 0 fully saturated rings. The predicted molar refractivity (Wildman–Crippen MR) is 78.6 cm³/mol. The average Bonchev–Trinajstić information content (AvgIpc) is 2.49. The second-order valence-electron chi connectivity index (χ2n) is 4.36. The molecule has 2 aromatic rings. The molecule has 0 spiro atoms. The van der Waals surface area contributed by atoms with Gasteiger partial charge in [0.15, 0.2) is 0 Å². The van der Waals surface area contributed by atoms with Crippen LogP contribution in [0, 0.1) is 27.2 Å². The van der Waals surface area contributed by atoms with Crippen molar-refractivity contribution in [1.82, 2.24) is 0 Å². The number of benzene rings is 2. The van der Waals surface area contributed by atoms with Crippen LogP contribution in [0.5, 0.6) is 0 Å². The molecule has 0 aliphatic carbocycles. The molecule has 8 nitrogen and oxygen atoms in total. The number of non-ortho nitro benzene ring substituents is 2. The highest BCUT2D eigenvalue weighted by molar-refractivity contribution is 6.05. The molecular formula is C14H10N3O5. The van der Waals surface area contributed by atoms with Crippen molar-refractivity contribution >= 4 is 23.0 Å². The second kappa shape index (κ2) is 6.00. The highest BCUT2D eigenvalue weighted by Crippen LogP contribution is 2.24. The third-order valence-corrected chi connectivity index (χ3v) is 2.85. The largest absolute Gasteiger partial charge is 0.322 e. The average molecular weight is 300 g/mol. The zero-order valence-electron chi connectivity index (χ0n) is 11.2. The summed E-state index contributed by atoms with van der Waals surface area (Å²) < 4.78 is 0. The first-order valence-corrected chi connectivity index (χ1v) is 6.04. The molecule has 0 unspecified atom stereocenters. The van der Waals surface area contributed by atoms with Gasteiger partial charge in [0.2, 0.25) is 0 Å². The number of anilines is 1. The fourth-order valence-electron chi connectivity index (χ4n) is 1.77. The van der Waals surface area contributed by atoms with E-state index >= 15 is 0 Å². The molecule has 0 bridgehead atoms. The summed E-state index contributed by atoms with van der Waals surface area (Å²) in [6, 6.07) is 9.45. The third-order valence-electron chi connectivity index (χ3n) is 2.85. The van der Waals surface area contributed by atoms with Crippen LogP contribution in [-0.2, 0) is 0 Å². The van der Waals surface area contributed by atoms with Crippen molar-refractivity contribution in [3.63, 3.8) is 0 Å². The quantitative estimate of drug-likeness (QED) is 0.688. The number of para-hydroxylation sites is 1. The fourth-order valence-corrected chi connectivity index (χ4v) is 1.77. The van der Waals surface area contributed by atoms with Gasteiger partial charge in [0.1, 0.15) is 0 Å². The van der Waals surface area contributed by atoms with Crippen molar-refractivity contribution in [3.8, 4) is 0 Å². The van der Waals surface area contributed by atoms with Crippen molar-refractivity contribution in [2.24, 2.45) is 0 Å². The Kier molecular flexibility index (Phi) is 4.12. The maximum absolute atomic E-state index is 12.1. The molecule has 1 amide bonds. The van der Waals surface area contributed by atoms with Crippen LogP contribution >= 0.6 is 0 Å². The predicted octanol–water partition coefficient (Wildman–Crippen LogP) is 2.94. The normalized spacial score (nSPS) is 10.0. The van der Waals surface area contributed by atoms with Gasteiger partial charge < -0.3 is 5.32 Å². The molecule has 2 aromatic carbocycles. The maximum atomic E-state index is 12.1. The van der Waals surface area contributed by atoms with E-state index in [4.69, 9.17) is 0 Å². The van der Waals surface area contributed by atoms with Crippen molar-refractivity contribution in [3.05, 3.63) is 80.7 Å². The van der Waals surface area contributed by atoms with Gasteiger partial charge >= 0.3 is 0 Å². The number of hydrogen-bond acceptors (Lipinski definition) is 5. The van der Waals surface area contributed by atoms with Gasteiger partial charge in [-0.15, -0.1) is 0 Å². The zero-order valence-corrected chi connectivity index (χ0v) is 11.2. The van der Waals surface area contributed by atoms with Crippen molar-refractivity contribution in [2.75, 3.05) is 5.32 Å². The lowest BCUT2D eigenvalue weighted by atomic mass is 10.1. The highest BCUT2D eigenvalue weighted by atomic mass is 16.6. The Hall–Kier alpha value is -3.29. The van der Waals surface area contributed by atoms with Gasteiger partial charge in [-0.1, -0.05) is 18.2 Å². The van der Waals surface area contributed by atoms with Crippen molar-refractivity contribution in [2.45, 2.75) is 0 Å². The molecule has 0 aliphatic rings. The minimum absolute atomic E-state index is 0.177. The van der Waals surface area contributed by atoms with Gasteiger partial charge in [-0.05, 0) is 18.6 Å². The number of hydrogen-bond donors (Lipinski definition) is 1. The molecule has 0 saturated carbocycles. The molecule has 22 heavy (non-hydrogen) atoms. The summed E-state index contributed by atoms with van der Waals surface area (Å²) in [5.41, 5.74) is -0.258. The summed E-state index contributed by atoms with van der Waals surface area (Å²) in [6.45, 7) is 3.73. The summed E-state index contributed by atoms with van der Waals surface area (Å²) in [4.78, 5) is 32.2. The molecular weight excluding hydrogens is 290 g/mol. The molecule has 0 aromatic heterocycles. The van der Waals surface area contributed by atoms with E-state index < -0.39 is 27.1 Å². The maximum Gasteiger partial charge on any atom is 0.277 e. The lowest BCUT2D eigenvalue weighted by Crippen LogP contribution is -2.13. The Balaban J connectivity index is 2.39. The van der Waals surface area contributed by atoms with Gasteiger partial charge in [-0.25, -0.2) is 0 Å². The molecule has 8 heteroatoms. The van der Waals surface area contributed by atoms with Gasteiger partial charge in [-0.3, -0.25) is 25.0 Å². The van der Waals surface area contributed by atoms with E-state index in [1.54, 1.807) is 24.3 Å². The van der Waals surface area contributed by atoms with Gasteiger partial charge in [0.25, 0.3) is 17.3 Å². The van der Waals surface area contributed by atoms with Crippen LogP contribution in [0.1, 0.15) is 15.9 Å². The number of carbonyl (C=O) groups excluding carboxylic acids is 1. The third kappa shape index (κ3) is 3.23. The summed E-state index contributed by atoms with van der Waals surface area (Å²) in [7, 11) is 0. The molecule has 2 rings (SSSR count). The Morgan fingerprint density at radius 3 is 2.05 bits per heavy atom. The molecule has 111 valence electrons. The Labute approximate surface area is 124 Å². The molecule has 1 N–H and O–H groups in total. The van der Waals surface area contributed by atoms with Crippen LogP contribution in [0.25, 0.3) is 0 Å². The zero-order chi connectivity index (χ0) is 16.3. The summed E-state index contributed by atoms with van der Waals surface area (Å²) in [6.07, 6.45) is 0. The first-order chi connectivity index (χ1) is 10.4. The number of nitrogens with zero attached hydrogens (tertiary/aromatic N) is 2. The number of nitrogens with one attached hydrogen (secondary N) is 1. The number of nitro benzene ring substituents is 2. The first-order valence-electron chi connectivity index (χ1n) is 6.04.